The zero-order valence-electron chi connectivity index (χ0n) is 7.57. The lowest BCUT2D eigenvalue weighted by atomic mass is 10.0. The van der Waals surface area contributed by atoms with E-state index >= 15 is 0 Å². The molecule has 0 fully saturated rings. The lowest BCUT2D eigenvalue weighted by Gasteiger charge is -2.05. The lowest BCUT2D eigenvalue weighted by Crippen LogP contribution is -1.85. The summed E-state index contributed by atoms with van der Waals surface area (Å²) in [5.41, 5.74) is 3.02. The van der Waals surface area contributed by atoms with Crippen molar-refractivity contribution in [3.05, 3.63) is 23.3 Å². The Morgan fingerprint density at radius 3 is 1.50 bits per heavy atom. The maximum Gasteiger partial charge on any atom is 0 e. The van der Waals surface area contributed by atoms with E-state index in [2.05, 4.69) is 26.0 Å². The van der Waals surface area contributed by atoms with Crippen molar-refractivity contribution in [2.45, 2.75) is 40.5 Å². The molecular formula is C10H20. The maximum atomic E-state index is 2.21. The van der Waals surface area contributed by atoms with Crippen LogP contribution in [0.3, 0.4) is 0 Å². The van der Waals surface area contributed by atoms with Gasteiger partial charge in [0.25, 0.3) is 0 Å². The Balaban J connectivity index is 0. The van der Waals surface area contributed by atoms with Crippen LogP contribution in [0.2, 0.25) is 0 Å². The van der Waals surface area contributed by atoms with Gasteiger partial charge in [-0.1, -0.05) is 37.1 Å². The minimum absolute atomic E-state index is 0. The predicted molar refractivity (Wildman–Crippen MR) is 50.2 cm³/mol. The summed E-state index contributed by atoms with van der Waals surface area (Å²) in [5, 5.41) is 0. The predicted octanol–water partition coefficient (Wildman–Crippen LogP) is 3.95. The van der Waals surface area contributed by atoms with Crippen LogP contribution in [0.25, 0.3) is 0 Å². The van der Waals surface area contributed by atoms with Crippen LogP contribution in [-0.4, -0.2) is 0 Å². The molecule has 0 amide bonds. The summed E-state index contributed by atoms with van der Waals surface area (Å²) in [6.45, 7) is 8.37. The van der Waals surface area contributed by atoms with Crippen LogP contribution in [0.4, 0.5) is 0 Å². The smallest absolute Gasteiger partial charge is 0 e. The van der Waals surface area contributed by atoms with Crippen LogP contribution in [0.5, 0.6) is 0 Å². The Morgan fingerprint density at radius 1 is 1.00 bits per heavy atom. The Morgan fingerprint density at radius 2 is 1.30 bits per heavy atom. The highest BCUT2D eigenvalue weighted by Gasteiger charge is 1.95. The first-order valence-corrected chi connectivity index (χ1v) is 4.12. The molecule has 0 heteroatoms. The average Bonchev–Trinajstić information content (AvgIpc) is 2.00. The van der Waals surface area contributed by atoms with Crippen molar-refractivity contribution >= 4 is 0 Å². The molecule has 0 nitrogen and oxygen atoms in total. The van der Waals surface area contributed by atoms with Crippen molar-refractivity contribution in [1.82, 2.24) is 0 Å². The molecule has 1 rings (SSSR count). The second kappa shape index (κ2) is 5.28. The Kier molecular flexibility index (Phi) is 5.00. The zero-order valence-corrected chi connectivity index (χ0v) is 7.57. The average molecular weight is 140 g/mol. The molecule has 0 saturated heterocycles. The topological polar surface area (TPSA) is 0 Å². The molecule has 0 spiro atoms. The van der Waals surface area contributed by atoms with E-state index < -0.39 is 0 Å². The fourth-order valence-electron chi connectivity index (χ4n) is 0.846. The fraction of sp³-hybridized carbons (Fsp3) is 0.600. The first kappa shape index (κ1) is 9.48. The van der Waals surface area contributed by atoms with Gasteiger partial charge in [0, 0.05) is 1.43 Å². The van der Waals surface area contributed by atoms with E-state index in [0.29, 0.717) is 0 Å². The highest BCUT2D eigenvalue weighted by molar-refractivity contribution is 5.20. The van der Waals surface area contributed by atoms with E-state index in [1.807, 2.05) is 13.8 Å². The standard InChI is InChI=1S/C8H12.C2H6.H2/c1-7-3-5-8(2)6-4-7;1-2;/h3,5H,4,6H2,1-2H3;1-2H3;1H. The molecular weight excluding hydrogens is 120 g/mol. The van der Waals surface area contributed by atoms with Crippen molar-refractivity contribution in [3.8, 4) is 0 Å². The molecule has 0 bridgehead atoms. The van der Waals surface area contributed by atoms with Crippen LogP contribution >= 0.6 is 0 Å². The van der Waals surface area contributed by atoms with E-state index in [-0.39, 0.29) is 1.43 Å². The van der Waals surface area contributed by atoms with Crippen molar-refractivity contribution < 1.29 is 1.43 Å². The third kappa shape index (κ3) is 3.49. The Labute approximate surface area is 66.1 Å². The summed E-state index contributed by atoms with van der Waals surface area (Å²) in [6.07, 6.45) is 6.95. The van der Waals surface area contributed by atoms with Gasteiger partial charge in [0.2, 0.25) is 0 Å². The van der Waals surface area contributed by atoms with Crippen molar-refractivity contribution in [1.29, 1.82) is 0 Å². The summed E-state index contributed by atoms with van der Waals surface area (Å²) < 4.78 is 0. The normalized spacial score (nSPS) is 16.4. The molecule has 0 N–H and O–H groups in total. The molecule has 60 valence electrons. The van der Waals surface area contributed by atoms with Crippen LogP contribution in [-0.2, 0) is 0 Å². The Bertz CT molecular complexity index is 125. The van der Waals surface area contributed by atoms with Gasteiger partial charge in [0.05, 0.1) is 0 Å². The van der Waals surface area contributed by atoms with Gasteiger partial charge in [-0.25, -0.2) is 0 Å². The van der Waals surface area contributed by atoms with Crippen LogP contribution < -0.4 is 0 Å². The third-order valence-corrected chi connectivity index (χ3v) is 1.57. The monoisotopic (exact) mass is 140 g/mol. The number of hydrogen-bond acceptors (Lipinski definition) is 0. The molecule has 0 aliphatic heterocycles. The van der Waals surface area contributed by atoms with Gasteiger partial charge in [-0.2, -0.15) is 0 Å². The minimum atomic E-state index is 0. The molecule has 1 aliphatic rings. The van der Waals surface area contributed by atoms with E-state index in [0.717, 1.165) is 0 Å². The van der Waals surface area contributed by atoms with Crippen molar-refractivity contribution in [2.75, 3.05) is 0 Å². The molecule has 0 aromatic carbocycles. The second-order valence-electron chi connectivity index (χ2n) is 2.53. The first-order chi connectivity index (χ1) is 4.79. The molecule has 0 atom stereocenters. The SMILES string of the molecule is CC.CC1=CC=C(C)CC1.[HH]. The third-order valence-electron chi connectivity index (χ3n) is 1.57. The highest BCUT2D eigenvalue weighted by Crippen LogP contribution is 2.15. The molecule has 1 aliphatic carbocycles. The largest absolute Gasteiger partial charge is 0.0730 e. The summed E-state index contributed by atoms with van der Waals surface area (Å²) in [5.74, 6) is 0. The Hall–Kier alpha value is -0.520. The van der Waals surface area contributed by atoms with E-state index in [9.17, 15) is 0 Å². The van der Waals surface area contributed by atoms with Gasteiger partial charge in [0.15, 0.2) is 0 Å². The first-order valence-electron chi connectivity index (χ1n) is 4.12. The highest BCUT2D eigenvalue weighted by atomic mass is 14.0. The molecule has 0 aromatic rings. The number of rotatable bonds is 0. The molecule has 0 heterocycles. The molecule has 0 saturated carbocycles. The zero-order chi connectivity index (χ0) is 7.98. The van der Waals surface area contributed by atoms with Gasteiger partial charge in [-0.3, -0.25) is 0 Å². The molecule has 10 heavy (non-hydrogen) atoms. The van der Waals surface area contributed by atoms with Gasteiger partial charge >= 0.3 is 0 Å². The van der Waals surface area contributed by atoms with Crippen LogP contribution in [0.1, 0.15) is 42.0 Å². The van der Waals surface area contributed by atoms with Gasteiger partial charge in [-0.05, 0) is 26.7 Å². The van der Waals surface area contributed by atoms with Crippen LogP contribution in [0.15, 0.2) is 23.3 Å². The van der Waals surface area contributed by atoms with Crippen molar-refractivity contribution in [3.63, 3.8) is 0 Å². The fourth-order valence-corrected chi connectivity index (χ4v) is 0.846. The summed E-state index contributed by atoms with van der Waals surface area (Å²) >= 11 is 0. The second-order valence-corrected chi connectivity index (χ2v) is 2.53. The quantitative estimate of drug-likeness (QED) is 0.478. The summed E-state index contributed by atoms with van der Waals surface area (Å²) in [6, 6.07) is 0. The number of allylic oxidation sites excluding steroid dienone is 4. The van der Waals surface area contributed by atoms with Crippen LogP contribution in [0, 0.1) is 0 Å². The molecule has 0 unspecified atom stereocenters. The van der Waals surface area contributed by atoms with Crippen molar-refractivity contribution in [2.24, 2.45) is 0 Å². The van der Waals surface area contributed by atoms with E-state index in [4.69, 9.17) is 0 Å². The molecule has 0 aromatic heterocycles. The number of hydrogen-bond donors (Lipinski definition) is 0. The summed E-state index contributed by atoms with van der Waals surface area (Å²) in [4.78, 5) is 0. The maximum absolute atomic E-state index is 2.21. The minimum Gasteiger partial charge on any atom is -0.0730 e. The summed E-state index contributed by atoms with van der Waals surface area (Å²) in [7, 11) is 0. The lowest BCUT2D eigenvalue weighted by molar-refractivity contribution is 0.906. The molecule has 0 radical (unpaired) electrons. The van der Waals surface area contributed by atoms with E-state index in [1.165, 1.54) is 24.0 Å². The van der Waals surface area contributed by atoms with Gasteiger partial charge < -0.3 is 0 Å². The van der Waals surface area contributed by atoms with Gasteiger partial charge in [0.1, 0.15) is 0 Å². The van der Waals surface area contributed by atoms with Gasteiger partial charge in [-0.15, -0.1) is 0 Å². The van der Waals surface area contributed by atoms with E-state index in [1.54, 1.807) is 0 Å².